The molecule has 3 heteroatoms. The lowest BCUT2D eigenvalue weighted by atomic mass is 9.84. The molecule has 1 aromatic rings. The van der Waals surface area contributed by atoms with Crippen molar-refractivity contribution in [2.45, 2.75) is 32.0 Å². The number of rotatable bonds is 2. The summed E-state index contributed by atoms with van der Waals surface area (Å²) < 4.78 is 0. The lowest BCUT2D eigenvalue weighted by Gasteiger charge is -2.34. The molecular weight excluding hydrogens is 166 g/mol. The van der Waals surface area contributed by atoms with E-state index in [1.54, 1.807) is 45.2 Å². The summed E-state index contributed by atoms with van der Waals surface area (Å²) in [6, 6.07) is 5.24. The number of pyridine rings is 1. The van der Waals surface area contributed by atoms with Gasteiger partial charge in [0.15, 0.2) is 0 Å². The molecule has 0 aliphatic heterocycles. The lowest BCUT2D eigenvalue weighted by molar-refractivity contribution is -0.127. The average molecular weight is 181 g/mol. The monoisotopic (exact) mass is 181 g/mol. The van der Waals surface area contributed by atoms with Crippen molar-refractivity contribution in [1.29, 1.82) is 0 Å². The number of hydrogen-bond acceptors (Lipinski definition) is 3. The van der Waals surface area contributed by atoms with E-state index in [-0.39, 0.29) is 0 Å². The Morgan fingerprint density at radius 2 is 1.77 bits per heavy atom. The van der Waals surface area contributed by atoms with Crippen LogP contribution in [0.1, 0.15) is 26.5 Å². The van der Waals surface area contributed by atoms with Crippen molar-refractivity contribution < 1.29 is 10.2 Å². The Labute approximate surface area is 78.1 Å². The predicted molar refractivity (Wildman–Crippen MR) is 50.1 cm³/mol. The van der Waals surface area contributed by atoms with Crippen molar-refractivity contribution in [2.24, 2.45) is 0 Å². The van der Waals surface area contributed by atoms with Gasteiger partial charge < -0.3 is 10.2 Å². The highest BCUT2D eigenvalue weighted by atomic mass is 16.4. The third kappa shape index (κ3) is 1.87. The molecule has 0 bridgehead atoms. The fourth-order valence-electron chi connectivity index (χ4n) is 0.964. The quantitative estimate of drug-likeness (QED) is 0.717. The summed E-state index contributed by atoms with van der Waals surface area (Å²) in [7, 11) is 0. The van der Waals surface area contributed by atoms with Gasteiger partial charge in [-0.3, -0.25) is 4.98 Å². The molecule has 0 aromatic carbocycles. The fourth-order valence-corrected chi connectivity index (χ4v) is 0.964. The molecule has 3 nitrogen and oxygen atoms in total. The Hall–Kier alpha value is -0.930. The van der Waals surface area contributed by atoms with Gasteiger partial charge in [0.1, 0.15) is 5.60 Å². The van der Waals surface area contributed by atoms with E-state index >= 15 is 0 Å². The van der Waals surface area contributed by atoms with E-state index in [1.807, 2.05) is 0 Å². The maximum absolute atomic E-state index is 10.0. The molecule has 0 aliphatic carbocycles. The van der Waals surface area contributed by atoms with Gasteiger partial charge in [0.2, 0.25) is 0 Å². The first-order valence-electron chi connectivity index (χ1n) is 4.22. The van der Waals surface area contributed by atoms with Gasteiger partial charge in [-0.05, 0) is 32.9 Å². The molecule has 1 rings (SSSR count). The van der Waals surface area contributed by atoms with Gasteiger partial charge in [0, 0.05) is 6.20 Å². The van der Waals surface area contributed by atoms with Crippen LogP contribution in [0.4, 0.5) is 0 Å². The maximum Gasteiger partial charge on any atom is 0.132 e. The zero-order chi connectivity index (χ0) is 10.1. The van der Waals surface area contributed by atoms with E-state index in [0.29, 0.717) is 5.69 Å². The van der Waals surface area contributed by atoms with Crippen LogP contribution in [0.2, 0.25) is 0 Å². The first kappa shape index (κ1) is 10.2. The third-order valence-corrected chi connectivity index (χ3v) is 2.35. The maximum atomic E-state index is 10.0. The van der Waals surface area contributed by atoms with E-state index < -0.39 is 11.2 Å². The van der Waals surface area contributed by atoms with Crippen molar-refractivity contribution >= 4 is 0 Å². The van der Waals surface area contributed by atoms with Crippen LogP contribution in [0, 0.1) is 0 Å². The summed E-state index contributed by atoms with van der Waals surface area (Å²) in [5.74, 6) is 0. The zero-order valence-electron chi connectivity index (χ0n) is 8.15. The first-order valence-corrected chi connectivity index (χ1v) is 4.22. The van der Waals surface area contributed by atoms with Crippen LogP contribution in [0.3, 0.4) is 0 Å². The van der Waals surface area contributed by atoms with Crippen LogP contribution in [0.25, 0.3) is 0 Å². The van der Waals surface area contributed by atoms with Gasteiger partial charge in [-0.25, -0.2) is 0 Å². The Kier molecular flexibility index (Phi) is 2.41. The second-order valence-corrected chi connectivity index (χ2v) is 3.85. The van der Waals surface area contributed by atoms with Gasteiger partial charge in [-0.15, -0.1) is 0 Å². The van der Waals surface area contributed by atoms with E-state index in [2.05, 4.69) is 4.98 Å². The van der Waals surface area contributed by atoms with Gasteiger partial charge in [-0.1, -0.05) is 6.07 Å². The topological polar surface area (TPSA) is 53.4 Å². The van der Waals surface area contributed by atoms with Crippen molar-refractivity contribution in [3.05, 3.63) is 30.1 Å². The summed E-state index contributed by atoms with van der Waals surface area (Å²) >= 11 is 0. The molecule has 0 spiro atoms. The highest BCUT2D eigenvalue weighted by Gasteiger charge is 2.40. The first-order chi connectivity index (χ1) is 5.86. The van der Waals surface area contributed by atoms with Crippen LogP contribution < -0.4 is 0 Å². The SMILES string of the molecule is CC(C)(O)C(C)(O)c1ccccn1. The van der Waals surface area contributed by atoms with Crippen molar-refractivity contribution in [2.75, 3.05) is 0 Å². The molecule has 1 unspecified atom stereocenters. The number of aliphatic hydroxyl groups is 2. The van der Waals surface area contributed by atoms with Crippen LogP contribution in [0.5, 0.6) is 0 Å². The largest absolute Gasteiger partial charge is 0.387 e. The zero-order valence-corrected chi connectivity index (χ0v) is 8.15. The highest BCUT2D eigenvalue weighted by molar-refractivity contribution is 5.15. The number of nitrogens with zero attached hydrogens (tertiary/aromatic N) is 1. The van der Waals surface area contributed by atoms with E-state index in [9.17, 15) is 10.2 Å². The molecule has 72 valence electrons. The summed E-state index contributed by atoms with van der Waals surface area (Å²) in [5, 5.41) is 19.7. The molecule has 0 aliphatic rings. The van der Waals surface area contributed by atoms with Gasteiger partial charge in [0.25, 0.3) is 0 Å². The second-order valence-electron chi connectivity index (χ2n) is 3.85. The smallest absolute Gasteiger partial charge is 0.132 e. The van der Waals surface area contributed by atoms with Gasteiger partial charge >= 0.3 is 0 Å². The van der Waals surface area contributed by atoms with E-state index in [4.69, 9.17) is 0 Å². The second kappa shape index (κ2) is 3.09. The van der Waals surface area contributed by atoms with Gasteiger partial charge in [-0.2, -0.15) is 0 Å². The molecule has 0 amide bonds. The van der Waals surface area contributed by atoms with Crippen molar-refractivity contribution in [1.82, 2.24) is 4.98 Å². The molecule has 0 fully saturated rings. The average Bonchev–Trinajstić information content (AvgIpc) is 2.04. The summed E-state index contributed by atoms with van der Waals surface area (Å²) in [5.41, 5.74) is -2.06. The summed E-state index contributed by atoms with van der Waals surface area (Å²) in [6.45, 7) is 4.67. The Bertz CT molecular complexity index is 275. The molecule has 13 heavy (non-hydrogen) atoms. The lowest BCUT2D eigenvalue weighted by Crippen LogP contribution is -2.45. The molecule has 2 N–H and O–H groups in total. The molecule has 1 heterocycles. The fraction of sp³-hybridized carbons (Fsp3) is 0.500. The minimum absolute atomic E-state index is 0.475. The molecule has 0 radical (unpaired) electrons. The highest BCUT2D eigenvalue weighted by Crippen LogP contribution is 2.30. The van der Waals surface area contributed by atoms with Crippen LogP contribution in [-0.4, -0.2) is 20.8 Å². The standard InChI is InChI=1S/C10H15NO2/c1-9(2,12)10(3,13)8-6-4-5-7-11-8/h4-7,12-13H,1-3H3. The Balaban J connectivity index is 3.08. The Morgan fingerprint density at radius 3 is 2.15 bits per heavy atom. The number of aromatic nitrogens is 1. The predicted octanol–water partition coefficient (Wildman–Crippen LogP) is 1.06. The Morgan fingerprint density at radius 1 is 1.15 bits per heavy atom. The minimum Gasteiger partial charge on any atom is -0.387 e. The normalized spacial score (nSPS) is 16.7. The summed E-state index contributed by atoms with van der Waals surface area (Å²) in [6.07, 6.45) is 1.59. The van der Waals surface area contributed by atoms with E-state index in [1.165, 1.54) is 0 Å². The van der Waals surface area contributed by atoms with Crippen LogP contribution in [-0.2, 0) is 5.60 Å². The van der Waals surface area contributed by atoms with Crippen molar-refractivity contribution in [3.63, 3.8) is 0 Å². The molecule has 0 saturated carbocycles. The van der Waals surface area contributed by atoms with Crippen LogP contribution >= 0.6 is 0 Å². The molecule has 1 atom stereocenters. The van der Waals surface area contributed by atoms with Crippen LogP contribution in [0.15, 0.2) is 24.4 Å². The van der Waals surface area contributed by atoms with Crippen molar-refractivity contribution in [3.8, 4) is 0 Å². The number of hydrogen-bond donors (Lipinski definition) is 2. The van der Waals surface area contributed by atoms with Gasteiger partial charge in [0.05, 0.1) is 11.3 Å². The third-order valence-electron chi connectivity index (χ3n) is 2.35. The summed E-state index contributed by atoms with van der Waals surface area (Å²) in [4.78, 5) is 4.01. The minimum atomic E-state index is -1.33. The molecular formula is C10H15NO2. The molecule has 1 aromatic heterocycles. The molecule has 0 saturated heterocycles. The van der Waals surface area contributed by atoms with E-state index in [0.717, 1.165) is 0 Å².